The Morgan fingerprint density at radius 2 is 1.39 bits per heavy atom. The molecule has 3 N–H and O–H groups in total. The third-order valence-corrected chi connectivity index (χ3v) is 8.74. The molecule has 0 fully saturated rings. The van der Waals surface area contributed by atoms with Crippen molar-refractivity contribution in [1.29, 1.82) is 0 Å². The molecule has 248 valence electrons. The minimum absolute atomic E-state index is 0.0931. The molecule has 0 spiro atoms. The molecule has 1 unspecified atom stereocenters. The molecule has 0 bridgehead atoms. The lowest BCUT2D eigenvalue weighted by molar-refractivity contribution is -0.116. The zero-order chi connectivity index (χ0) is 34.6. The monoisotopic (exact) mass is 670 g/mol. The molecule has 5 aromatic rings. The SMILES string of the molecule is CCC(Sc1cccc(NC(=O)/C(=C\c2ccc(N(C)C)cc2)NC(=O)c2ccccc2)c1)C(=O)Nc1ccc(Oc2ccccc2)cc1. The predicted octanol–water partition coefficient (Wildman–Crippen LogP) is 8.46. The normalized spacial score (nSPS) is 11.6. The summed E-state index contributed by atoms with van der Waals surface area (Å²) >= 11 is 1.41. The quantitative estimate of drug-likeness (QED) is 0.0859. The van der Waals surface area contributed by atoms with Gasteiger partial charge in [0.2, 0.25) is 5.91 Å². The maximum Gasteiger partial charge on any atom is 0.272 e. The summed E-state index contributed by atoms with van der Waals surface area (Å²) in [4.78, 5) is 42.7. The van der Waals surface area contributed by atoms with Gasteiger partial charge in [-0.3, -0.25) is 14.4 Å². The molecule has 9 heteroatoms. The maximum atomic E-state index is 13.6. The summed E-state index contributed by atoms with van der Waals surface area (Å²) in [5.74, 6) is 0.398. The van der Waals surface area contributed by atoms with Crippen molar-refractivity contribution in [3.05, 3.63) is 150 Å². The summed E-state index contributed by atoms with van der Waals surface area (Å²) in [5, 5.41) is 8.32. The van der Waals surface area contributed by atoms with Gasteiger partial charge in [-0.05, 0) is 96.9 Å². The lowest BCUT2D eigenvalue weighted by atomic mass is 10.1. The number of anilines is 3. The van der Waals surface area contributed by atoms with Crippen LogP contribution in [0.1, 0.15) is 29.3 Å². The topological polar surface area (TPSA) is 99.8 Å². The van der Waals surface area contributed by atoms with E-state index in [0.29, 0.717) is 29.1 Å². The summed E-state index contributed by atoms with van der Waals surface area (Å²) < 4.78 is 5.85. The van der Waals surface area contributed by atoms with Crippen molar-refractivity contribution in [2.24, 2.45) is 0 Å². The first-order valence-corrected chi connectivity index (χ1v) is 16.7. The molecule has 49 heavy (non-hydrogen) atoms. The first-order chi connectivity index (χ1) is 23.8. The molecule has 5 aromatic carbocycles. The van der Waals surface area contributed by atoms with E-state index in [1.807, 2.05) is 129 Å². The van der Waals surface area contributed by atoms with Gasteiger partial charge in [-0.1, -0.05) is 61.5 Å². The second-order valence-electron chi connectivity index (χ2n) is 11.3. The second kappa shape index (κ2) is 16.9. The van der Waals surface area contributed by atoms with Gasteiger partial charge in [0.05, 0.1) is 5.25 Å². The van der Waals surface area contributed by atoms with Crippen LogP contribution in [0.5, 0.6) is 11.5 Å². The maximum absolute atomic E-state index is 13.6. The number of carbonyl (C=O) groups excluding carboxylic acids is 3. The van der Waals surface area contributed by atoms with Crippen molar-refractivity contribution >= 4 is 52.6 Å². The molecular weight excluding hydrogens is 633 g/mol. The Balaban J connectivity index is 1.25. The number of hydrogen-bond acceptors (Lipinski definition) is 6. The number of para-hydroxylation sites is 1. The van der Waals surface area contributed by atoms with Crippen LogP contribution in [0.4, 0.5) is 17.1 Å². The van der Waals surface area contributed by atoms with Crippen molar-refractivity contribution in [2.45, 2.75) is 23.5 Å². The Hall–Kier alpha value is -5.80. The highest BCUT2D eigenvalue weighted by molar-refractivity contribution is 8.00. The highest BCUT2D eigenvalue weighted by atomic mass is 32.2. The largest absolute Gasteiger partial charge is 0.457 e. The third-order valence-electron chi connectivity index (χ3n) is 7.38. The van der Waals surface area contributed by atoms with Gasteiger partial charge in [0, 0.05) is 41.6 Å². The number of benzene rings is 5. The fraction of sp³-hybridized carbons (Fsp3) is 0.125. The van der Waals surface area contributed by atoms with Gasteiger partial charge in [-0.25, -0.2) is 0 Å². The molecule has 0 aliphatic heterocycles. The van der Waals surface area contributed by atoms with E-state index in [1.54, 1.807) is 36.4 Å². The van der Waals surface area contributed by atoms with Gasteiger partial charge >= 0.3 is 0 Å². The van der Waals surface area contributed by atoms with Crippen LogP contribution in [-0.4, -0.2) is 37.1 Å². The van der Waals surface area contributed by atoms with Gasteiger partial charge in [0.15, 0.2) is 0 Å². The van der Waals surface area contributed by atoms with E-state index in [9.17, 15) is 14.4 Å². The Kier molecular flexibility index (Phi) is 11.9. The van der Waals surface area contributed by atoms with Crippen molar-refractivity contribution in [2.75, 3.05) is 29.6 Å². The minimum atomic E-state index is -0.479. The van der Waals surface area contributed by atoms with Gasteiger partial charge in [0.1, 0.15) is 17.2 Å². The molecule has 8 nitrogen and oxygen atoms in total. The van der Waals surface area contributed by atoms with Crippen molar-refractivity contribution in [3.63, 3.8) is 0 Å². The van der Waals surface area contributed by atoms with E-state index in [1.165, 1.54) is 11.8 Å². The number of thioether (sulfide) groups is 1. The molecule has 1 atom stereocenters. The number of hydrogen-bond donors (Lipinski definition) is 3. The zero-order valence-electron chi connectivity index (χ0n) is 27.6. The van der Waals surface area contributed by atoms with E-state index in [-0.39, 0.29) is 16.9 Å². The molecule has 0 saturated carbocycles. The number of rotatable bonds is 13. The third kappa shape index (κ3) is 10.1. The van der Waals surface area contributed by atoms with Crippen LogP contribution in [0, 0.1) is 0 Å². The smallest absolute Gasteiger partial charge is 0.272 e. The van der Waals surface area contributed by atoms with E-state index in [0.717, 1.165) is 21.9 Å². The molecule has 0 aromatic heterocycles. The van der Waals surface area contributed by atoms with Crippen LogP contribution in [-0.2, 0) is 9.59 Å². The Labute approximate surface area is 291 Å². The molecule has 0 heterocycles. The van der Waals surface area contributed by atoms with E-state index >= 15 is 0 Å². The number of nitrogens with one attached hydrogen (secondary N) is 3. The zero-order valence-corrected chi connectivity index (χ0v) is 28.4. The lowest BCUT2D eigenvalue weighted by Crippen LogP contribution is -2.30. The first-order valence-electron chi connectivity index (χ1n) is 15.8. The minimum Gasteiger partial charge on any atom is -0.457 e. The molecule has 5 rings (SSSR count). The summed E-state index contributed by atoms with van der Waals surface area (Å²) in [6, 6.07) is 40.4. The molecule has 3 amide bonds. The van der Waals surface area contributed by atoms with E-state index < -0.39 is 11.8 Å². The van der Waals surface area contributed by atoms with Crippen LogP contribution in [0.2, 0.25) is 0 Å². The van der Waals surface area contributed by atoms with Crippen LogP contribution < -0.4 is 25.6 Å². The van der Waals surface area contributed by atoms with Gasteiger partial charge in [0.25, 0.3) is 11.8 Å². The Bertz CT molecular complexity index is 1900. The fourth-order valence-corrected chi connectivity index (χ4v) is 5.78. The standard InChI is InChI=1S/C40H38N4O4S/c1-4-37(40(47)41-30-20-24-34(25-21-30)48-33-15-9-6-10-16-33)49-35-17-11-14-31(27-35)42-39(46)36(43-38(45)29-12-7-5-8-13-29)26-28-18-22-32(23-19-28)44(2)3/h5-27,37H,4H2,1-3H3,(H,41,47)(H,42,46)(H,43,45)/b36-26+. The predicted molar refractivity (Wildman–Crippen MR) is 199 cm³/mol. The number of ether oxygens (including phenoxy) is 1. The number of amides is 3. The van der Waals surface area contributed by atoms with Crippen LogP contribution in [0.15, 0.2) is 144 Å². The Morgan fingerprint density at radius 1 is 0.735 bits per heavy atom. The number of nitrogens with zero attached hydrogens (tertiary/aromatic N) is 1. The average molecular weight is 671 g/mol. The average Bonchev–Trinajstić information content (AvgIpc) is 3.12. The summed E-state index contributed by atoms with van der Waals surface area (Å²) in [5.41, 5.74) is 3.49. The van der Waals surface area contributed by atoms with Gasteiger partial charge < -0.3 is 25.6 Å². The van der Waals surface area contributed by atoms with Crippen LogP contribution in [0.25, 0.3) is 6.08 Å². The first kappa shape index (κ1) is 34.5. The summed E-state index contributed by atoms with van der Waals surface area (Å²) in [7, 11) is 3.90. The molecular formula is C40H38N4O4S. The lowest BCUT2D eigenvalue weighted by Gasteiger charge is -2.16. The van der Waals surface area contributed by atoms with Gasteiger partial charge in [-0.2, -0.15) is 0 Å². The fourth-order valence-electron chi connectivity index (χ4n) is 4.76. The molecule has 0 saturated heterocycles. The van der Waals surface area contributed by atoms with Crippen molar-refractivity contribution in [3.8, 4) is 11.5 Å². The highest BCUT2D eigenvalue weighted by Crippen LogP contribution is 2.29. The van der Waals surface area contributed by atoms with Crippen LogP contribution in [0.3, 0.4) is 0 Å². The van der Waals surface area contributed by atoms with Gasteiger partial charge in [-0.15, -0.1) is 11.8 Å². The van der Waals surface area contributed by atoms with Crippen LogP contribution >= 0.6 is 11.8 Å². The molecule has 0 aliphatic rings. The second-order valence-corrected chi connectivity index (χ2v) is 12.6. The van der Waals surface area contributed by atoms with Crippen molar-refractivity contribution < 1.29 is 19.1 Å². The van der Waals surface area contributed by atoms with E-state index in [2.05, 4.69) is 16.0 Å². The molecule has 0 aliphatic carbocycles. The summed E-state index contributed by atoms with van der Waals surface area (Å²) in [6.07, 6.45) is 2.24. The Morgan fingerprint density at radius 3 is 2.04 bits per heavy atom. The highest BCUT2D eigenvalue weighted by Gasteiger charge is 2.20. The number of carbonyl (C=O) groups is 3. The molecule has 0 radical (unpaired) electrons. The van der Waals surface area contributed by atoms with Crippen molar-refractivity contribution in [1.82, 2.24) is 5.32 Å². The summed E-state index contributed by atoms with van der Waals surface area (Å²) in [6.45, 7) is 1.96. The van der Waals surface area contributed by atoms with E-state index in [4.69, 9.17) is 4.74 Å².